The summed E-state index contributed by atoms with van der Waals surface area (Å²) in [4.78, 5) is 66.0. The van der Waals surface area contributed by atoms with Crippen molar-refractivity contribution in [3.05, 3.63) is 59.2 Å². The summed E-state index contributed by atoms with van der Waals surface area (Å²) in [6.45, 7) is 1.11. The molecule has 2 saturated heterocycles. The summed E-state index contributed by atoms with van der Waals surface area (Å²) in [5.41, 5.74) is 3.34. The van der Waals surface area contributed by atoms with E-state index >= 15 is 0 Å². The number of fused-ring (bicyclic) bond motifs is 3. The van der Waals surface area contributed by atoms with Crippen LogP contribution >= 0.6 is 0 Å². The molecule has 3 aliphatic rings. The molecule has 0 saturated carbocycles. The van der Waals surface area contributed by atoms with Gasteiger partial charge < -0.3 is 9.80 Å². The molecule has 1 aliphatic carbocycles. The fourth-order valence-electron chi connectivity index (χ4n) is 4.54. The van der Waals surface area contributed by atoms with Gasteiger partial charge in [0.2, 0.25) is 17.7 Å². The number of hydrogen-bond donors (Lipinski definition) is 0. The molecule has 4 amide bonds. The summed E-state index contributed by atoms with van der Waals surface area (Å²) in [5.74, 6) is -1.18. The first-order chi connectivity index (χ1) is 15.4. The highest BCUT2D eigenvalue weighted by molar-refractivity contribution is 6.22. The third kappa shape index (κ3) is 3.28. The van der Waals surface area contributed by atoms with Gasteiger partial charge in [-0.15, -0.1) is 0 Å². The predicted octanol–water partition coefficient (Wildman–Crippen LogP) is 1.33. The lowest BCUT2D eigenvalue weighted by Crippen LogP contribution is -2.53. The predicted molar refractivity (Wildman–Crippen MR) is 114 cm³/mol. The Morgan fingerprint density at radius 1 is 0.719 bits per heavy atom. The van der Waals surface area contributed by atoms with Gasteiger partial charge in [-0.25, -0.2) is 0 Å². The normalized spacial score (nSPS) is 17.6. The highest BCUT2D eigenvalue weighted by Crippen LogP contribution is 2.36. The molecule has 0 spiro atoms. The van der Waals surface area contributed by atoms with E-state index in [4.69, 9.17) is 0 Å². The molecule has 0 N–H and O–H groups in total. The molecule has 0 aromatic heterocycles. The van der Waals surface area contributed by atoms with Crippen molar-refractivity contribution in [2.45, 2.75) is 12.8 Å². The van der Waals surface area contributed by atoms with Crippen LogP contribution in [0.2, 0.25) is 0 Å². The number of amides is 4. The number of piperazine rings is 1. The highest BCUT2D eigenvalue weighted by Gasteiger charge is 2.33. The Balaban J connectivity index is 1.24. The Labute approximate surface area is 184 Å². The molecular formula is C24H21N3O5. The van der Waals surface area contributed by atoms with Gasteiger partial charge in [0.15, 0.2) is 5.78 Å². The minimum Gasteiger partial charge on any atom is -0.338 e. The van der Waals surface area contributed by atoms with E-state index in [1.807, 2.05) is 24.3 Å². The van der Waals surface area contributed by atoms with E-state index in [2.05, 4.69) is 0 Å². The fraction of sp³-hybridized carbons (Fsp3) is 0.292. The molecule has 0 unspecified atom stereocenters. The van der Waals surface area contributed by atoms with Gasteiger partial charge in [-0.2, -0.15) is 0 Å². The van der Waals surface area contributed by atoms with Gasteiger partial charge in [0.05, 0.1) is 0 Å². The molecule has 162 valence electrons. The molecule has 32 heavy (non-hydrogen) atoms. The SMILES string of the molecule is O=C1c2ccccc2-c2ccc(C(=O)N3CCN(C(=O)CN4C(=O)CCC4=O)CC3)cc21. The van der Waals surface area contributed by atoms with Crippen LogP contribution in [0.1, 0.15) is 39.1 Å². The van der Waals surface area contributed by atoms with Crippen molar-refractivity contribution in [3.8, 4) is 11.1 Å². The molecular weight excluding hydrogens is 410 g/mol. The smallest absolute Gasteiger partial charge is 0.253 e. The van der Waals surface area contributed by atoms with E-state index in [1.165, 1.54) is 0 Å². The molecule has 2 heterocycles. The Morgan fingerprint density at radius 3 is 2.00 bits per heavy atom. The highest BCUT2D eigenvalue weighted by atomic mass is 16.2. The lowest BCUT2D eigenvalue weighted by Gasteiger charge is -2.35. The van der Waals surface area contributed by atoms with Crippen LogP contribution in [-0.2, 0) is 14.4 Å². The molecule has 2 aromatic rings. The van der Waals surface area contributed by atoms with Crippen LogP contribution in [0.5, 0.6) is 0 Å². The van der Waals surface area contributed by atoms with Gasteiger partial charge in [0, 0.05) is 55.7 Å². The van der Waals surface area contributed by atoms with Crippen molar-refractivity contribution in [3.63, 3.8) is 0 Å². The summed E-state index contributed by atoms with van der Waals surface area (Å²) in [6, 6.07) is 12.6. The van der Waals surface area contributed by atoms with Crippen LogP contribution in [-0.4, -0.2) is 76.8 Å². The van der Waals surface area contributed by atoms with Crippen molar-refractivity contribution < 1.29 is 24.0 Å². The molecule has 0 atom stereocenters. The van der Waals surface area contributed by atoms with E-state index in [-0.39, 0.29) is 48.8 Å². The molecule has 2 aromatic carbocycles. The van der Waals surface area contributed by atoms with Crippen molar-refractivity contribution in [2.24, 2.45) is 0 Å². The maximum atomic E-state index is 13.0. The van der Waals surface area contributed by atoms with Gasteiger partial charge in [0.25, 0.3) is 5.91 Å². The van der Waals surface area contributed by atoms with Gasteiger partial charge in [-0.05, 0) is 23.3 Å². The van der Waals surface area contributed by atoms with Gasteiger partial charge in [-0.1, -0.05) is 30.3 Å². The van der Waals surface area contributed by atoms with E-state index in [0.717, 1.165) is 16.0 Å². The Bertz CT molecular complexity index is 1160. The number of carbonyl (C=O) groups excluding carboxylic acids is 5. The molecule has 5 rings (SSSR count). The van der Waals surface area contributed by atoms with E-state index < -0.39 is 0 Å². The summed E-state index contributed by atoms with van der Waals surface area (Å²) in [7, 11) is 0. The standard InChI is InChI=1S/C24H21N3O5/c28-20-7-8-21(29)27(20)14-22(30)25-9-11-26(12-10-25)24(32)15-5-6-17-16-3-1-2-4-18(16)23(31)19(17)13-15/h1-6,13H,7-12,14H2. The quantitative estimate of drug-likeness (QED) is 0.583. The number of nitrogens with zero attached hydrogens (tertiary/aromatic N) is 3. The second kappa shape index (κ2) is 7.71. The van der Waals surface area contributed by atoms with Crippen molar-refractivity contribution >= 4 is 29.4 Å². The third-order valence-corrected chi connectivity index (χ3v) is 6.34. The largest absolute Gasteiger partial charge is 0.338 e. The van der Waals surface area contributed by atoms with Crippen LogP contribution < -0.4 is 0 Å². The van der Waals surface area contributed by atoms with Crippen LogP contribution in [0.15, 0.2) is 42.5 Å². The maximum Gasteiger partial charge on any atom is 0.253 e. The lowest BCUT2D eigenvalue weighted by atomic mass is 10.0. The monoisotopic (exact) mass is 431 g/mol. The number of carbonyl (C=O) groups is 5. The number of imide groups is 1. The molecule has 0 bridgehead atoms. The first-order valence-corrected chi connectivity index (χ1v) is 10.6. The average Bonchev–Trinajstić information content (AvgIpc) is 3.29. The third-order valence-electron chi connectivity index (χ3n) is 6.34. The van der Waals surface area contributed by atoms with Crippen molar-refractivity contribution in [2.75, 3.05) is 32.7 Å². The van der Waals surface area contributed by atoms with Crippen LogP contribution in [0.3, 0.4) is 0 Å². The maximum absolute atomic E-state index is 13.0. The summed E-state index contributed by atoms with van der Waals surface area (Å²) >= 11 is 0. The molecule has 2 aliphatic heterocycles. The van der Waals surface area contributed by atoms with E-state index in [0.29, 0.717) is 42.9 Å². The average molecular weight is 431 g/mol. The zero-order valence-electron chi connectivity index (χ0n) is 17.4. The Kier molecular flexibility index (Phi) is 4.84. The van der Waals surface area contributed by atoms with Gasteiger partial charge >= 0.3 is 0 Å². The molecule has 2 fully saturated rings. The topological polar surface area (TPSA) is 95.1 Å². The zero-order chi connectivity index (χ0) is 22.4. The lowest BCUT2D eigenvalue weighted by molar-refractivity contribution is -0.146. The molecule has 0 radical (unpaired) electrons. The van der Waals surface area contributed by atoms with Crippen molar-refractivity contribution in [1.29, 1.82) is 0 Å². The Hall–Kier alpha value is -3.81. The first kappa shape index (κ1) is 20.1. The minimum atomic E-state index is -0.314. The van der Waals surface area contributed by atoms with Crippen LogP contribution in [0, 0.1) is 0 Å². The molecule has 8 nitrogen and oxygen atoms in total. The van der Waals surface area contributed by atoms with Gasteiger partial charge in [-0.3, -0.25) is 28.9 Å². The Morgan fingerprint density at radius 2 is 1.31 bits per heavy atom. The van der Waals surface area contributed by atoms with Gasteiger partial charge in [0.1, 0.15) is 6.54 Å². The van der Waals surface area contributed by atoms with Crippen LogP contribution in [0.4, 0.5) is 0 Å². The number of ketones is 1. The number of benzene rings is 2. The fourth-order valence-corrected chi connectivity index (χ4v) is 4.54. The minimum absolute atomic E-state index is 0.0772. The zero-order valence-corrected chi connectivity index (χ0v) is 17.4. The second-order valence-corrected chi connectivity index (χ2v) is 8.18. The van der Waals surface area contributed by atoms with E-state index in [1.54, 1.807) is 28.0 Å². The number of rotatable bonds is 3. The number of hydrogen-bond acceptors (Lipinski definition) is 5. The molecule has 8 heteroatoms. The second-order valence-electron chi connectivity index (χ2n) is 8.18. The van der Waals surface area contributed by atoms with E-state index in [9.17, 15) is 24.0 Å². The summed E-state index contributed by atoms with van der Waals surface area (Å²) in [6.07, 6.45) is 0.311. The van der Waals surface area contributed by atoms with Crippen LogP contribution in [0.25, 0.3) is 11.1 Å². The summed E-state index contributed by atoms with van der Waals surface area (Å²) in [5, 5.41) is 0. The number of likely N-dealkylation sites (tertiary alicyclic amines) is 1. The first-order valence-electron chi connectivity index (χ1n) is 10.6. The van der Waals surface area contributed by atoms with Crippen molar-refractivity contribution in [1.82, 2.24) is 14.7 Å². The summed E-state index contributed by atoms with van der Waals surface area (Å²) < 4.78 is 0.